The quantitative estimate of drug-likeness (QED) is 0.0183. The van der Waals surface area contributed by atoms with Crippen LogP contribution in [0, 0.1) is 93.2 Å². The van der Waals surface area contributed by atoms with Gasteiger partial charge in [0.05, 0.1) is 84.1 Å². The zero-order chi connectivity index (χ0) is 102. The number of methoxy groups -OCH3 is 3. The molecule has 0 aromatic heterocycles. The van der Waals surface area contributed by atoms with Gasteiger partial charge in [-0.05, 0) is 207 Å². The average Bonchev–Trinajstić information content (AvgIpc) is 0.972. The monoisotopic (exact) mass is 1960 g/mol. The number of carbonyl (C=O) groups is 5. The fourth-order valence-electron chi connectivity index (χ4n) is 25.9. The maximum Gasteiger partial charge on any atom is 0.255 e. The van der Waals surface area contributed by atoms with Gasteiger partial charge in [0.2, 0.25) is 31.3 Å². The number of aliphatic hydroxyl groups is 5. The van der Waals surface area contributed by atoms with Crippen LogP contribution in [0.3, 0.4) is 0 Å². The summed E-state index contributed by atoms with van der Waals surface area (Å²) >= 11 is 0. The zero-order valence-corrected chi connectivity index (χ0v) is 86.4. The van der Waals surface area contributed by atoms with Gasteiger partial charge in [0.1, 0.15) is 53.7 Å². The molecule has 9 saturated carbocycles. The number of hydrogen-bond acceptors (Lipinski definition) is 25. The van der Waals surface area contributed by atoms with Gasteiger partial charge in [0.15, 0.2) is 23.0 Å². The van der Waals surface area contributed by atoms with Crippen molar-refractivity contribution in [1.82, 2.24) is 46.7 Å². The van der Waals surface area contributed by atoms with Crippen LogP contribution in [0.2, 0.25) is 0 Å². The van der Waals surface area contributed by atoms with Gasteiger partial charge in [-0.2, -0.15) is 15.2 Å². The summed E-state index contributed by atoms with van der Waals surface area (Å²) in [5, 5.41) is 73.6. The van der Waals surface area contributed by atoms with Gasteiger partial charge in [-0.25, -0.2) is 0 Å². The maximum absolute atomic E-state index is 14.3. The molecule has 0 unspecified atom stereocenters. The fourth-order valence-corrected chi connectivity index (χ4v) is 25.9. The molecule has 30 heteroatoms. The first-order chi connectivity index (χ1) is 67.8. The van der Waals surface area contributed by atoms with Crippen molar-refractivity contribution in [2.24, 2.45) is 93.2 Å². The number of nitrogens with zero attached hydrogens (tertiary/aromatic N) is 5. The van der Waals surface area contributed by atoms with Gasteiger partial charge in [-0.15, -0.1) is 0 Å². The molecular weight excluding hydrogens is 1810 g/mol. The summed E-state index contributed by atoms with van der Waals surface area (Å²) in [6.45, 7) is 29.8. The number of amides is 5. The van der Waals surface area contributed by atoms with Crippen LogP contribution in [0.5, 0.6) is 40.2 Å². The van der Waals surface area contributed by atoms with E-state index in [1.54, 1.807) is 56.4 Å². The van der Waals surface area contributed by atoms with Crippen LogP contribution in [0.4, 0.5) is 5.69 Å². The second-order valence-electron chi connectivity index (χ2n) is 44.2. The van der Waals surface area contributed by atoms with E-state index < -0.39 is 60.5 Å². The number of likely N-dealkylation sites (N-methyl/N-ethyl adjacent to an activating group) is 1. The molecule has 10 N–H and O–H groups in total. The number of hydrogen-bond donors (Lipinski definition) is 10. The molecule has 3 saturated heterocycles. The third-order valence-corrected chi connectivity index (χ3v) is 34.4. The van der Waals surface area contributed by atoms with Crippen molar-refractivity contribution in [1.29, 1.82) is 0 Å². The van der Waals surface area contributed by atoms with Gasteiger partial charge in [-0.3, -0.25) is 38.5 Å². The van der Waals surface area contributed by atoms with Crippen molar-refractivity contribution in [2.75, 3.05) is 107 Å². The van der Waals surface area contributed by atoms with Crippen molar-refractivity contribution >= 4 is 35.2 Å². The second-order valence-corrected chi connectivity index (χ2v) is 44.2. The molecule has 0 radical (unpaired) electrons. The zero-order valence-electron chi connectivity index (χ0n) is 86.4. The second kappa shape index (κ2) is 43.6. The number of benzene rings is 7. The molecule has 5 aliphatic heterocycles. The number of aliphatic hydroxyl groups excluding tert-OH is 5. The summed E-state index contributed by atoms with van der Waals surface area (Å²) in [5.41, 5.74) is 11.1. The van der Waals surface area contributed by atoms with E-state index in [0.717, 1.165) is 69.5 Å². The van der Waals surface area contributed by atoms with Gasteiger partial charge < -0.3 is 95.1 Å². The first kappa shape index (κ1) is 105. The standard InChI is InChI=1S/C42H53N3O7.C37H52N4O8.C33H47N3O5/c1-24(2)36-35(22-46)52-45(37(36)41(48)44-33-20-29-19-32(25(33)3)42(29,4)5)21-27-13-10-14-30(38(27)49-6)28-17-31(39-34(18-28)50-23-51-39)40(47)43-16-15-26-11-8-7-9-12-26;1-20-27-15-24(37(27,3)4)16-28(20)39-36(45)32-31(21(2)43)30(18-42)49-41(32)17-22-9-8-10-25(33(22)46-7)23-13-26(34-29(14-23)47-19-48-34)35(44)38-11-12-40(5)6;1-19-26-15-23(33(26,3)4)16-27(19)34-32(39)30-29(20(2)38)28(18-37)41-36(30)17-22-11-9-13-25(31(22)40-7)21-10-8-12-24(14-21)35(5)6/h7-14,17-18,24-25,29,32-33,35-37,46H,15-16,19-23H2,1-6H3,(H,43,47)(H,44,48);8-10,13-14,20-21,24,27-28,30-32,42-43H,11-12,15-19H2,1-7H3,(H,38,44)(H,39,45);8-14,19-20,23,26-30,37-38H,15-18H2,1-7H3,(H,34,39)/t25-,29+,32-,33-,35-,36-,37-;20-,21-,24+,27-,28-,30-,31+,32-;19-,20-,23+,26-,27+,28-,29+,30-/m000/s1. The Bertz CT molecular complexity index is 5640. The highest BCUT2D eigenvalue weighted by Crippen LogP contribution is 2.64. The van der Waals surface area contributed by atoms with E-state index in [4.69, 9.17) is 47.7 Å². The average molecular weight is 1960 g/mol. The van der Waals surface area contributed by atoms with Crippen LogP contribution in [0.25, 0.3) is 33.4 Å². The molecule has 5 heterocycles. The van der Waals surface area contributed by atoms with Gasteiger partial charge in [0, 0.05) is 109 Å². The Balaban J connectivity index is 0.000000154. The summed E-state index contributed by atoms with van der Waals surface area (Å²) in [6.07, 6.45) is 3.53. The molecule has 7 aromatic carbocycles. The summed E-state index contributed by atoms with van der Waals surface area (Å²) in [5.74, 6) is 5.95. The number of anilines is 1. The molecule has 6 bridgehead atoms. The minimum absolute atomic E-state index is 0.0128. The normalized spacial score (nSPS) is 29.0. The van der Waals surface area contributed by atoms with Crippen LogP contribution in [-0.4, -0.2) is 244 Å². The highest BCUT2D eigenvalue weighted by atomic mass is 16.7. The number of nitrogens with one attached hydrogen (secondary N) is 5. The van der Waals surface area contributed by atoms with E-state index in [1.807, 2.05) is 142 Å². The van der Waals surface area contributed by atoms with Crippen LogP contribution in [0.15, 0.2) is 133 Å². The number of para-hydroxylation sites is 3. The highest BCUT2D eigenvalue weighted by Gasteiger charge is 2.62. The molecule has 12 fully saturated rings. The lowest BCUT2D eigenvalue weighted by Gasteiger charge is -2.62. The summed E-state index contributed by atoms with van der Waals surface area (Å²) in [4.78, 5) is 92.2. The molecule has 142 heavy (non-hydrogen) atoms. The van der Waals surface area contributed by atoms with E-state index in [9.17, 15) is 49.5 Å². The van der Waals surface area contributed by atoms with E-state index in [0.29, 0.717) is 153 Å². The fraction of sp³-hybridized carbons (Fsp3) is 0.580. The SMILES string of the molecule is COc1c(CN2O[C@@H](CO)[C@@H]([C@H](C)O)[C@H]2C(=O)N[C@@H]2C[C@H]3C[C@@H]([C@@H]2C)C3(C)C)cccc1-c1cccc(N(C)C)c1.COc1c(CN2O[C@@H](CO)[C@@H]([C@H](C)O)[C@H]2C(=O)N[C@H]2C[C@H]3C[C@@H]([C@@H]2C)C3(C)C)cccc1-c1cc2c(c(C(=O)NCCN(C)C)c1)OCO2.COc1c(CN2O[C@@H](CO)[C@H](C(C)C)[C@H]2C(=O)N[C@H]2C[C@H]3C[C@@H]([C@@H]2C)C3(C)C)cccc1-c1cc2c(c(C(=O)NCCc3ccccc3)c1)OCO2. The lowest BCUT2D eigenvalue weighted by molar-refractivity contribution is -0.183. The topological polar surface area (TPSA) is 355 Å². The van der Waals surface area contributed by atoms with E-state index in [2.05, 4.69) is 126 Å². The van der Waals surface area contributed by atoms with Crippen molar-refractivity contribution in [3.05, 3.63) is 167 Å². The highest BCUT2D eigenvalue weighted by molar-refractivity contribution is 6.01. The smallest absolute Gasteiger partial charge is 0.255 e. The van der Waals surface area contributed by atoms with Crippen LogP contribution in [0.1, 0.15) is 172 Å². The third kappa shape index (κ3) is 20.8. The lowest BCUT2D eigenvalue weighted by atomic mass is 9.45. The molecular formula is C112H152N10O20. The summed E-state index contributed by atoms with van der Waals surface area (Å²) in [7, 11) is 12.7. The predicted molar refractivity (Wildman–Crippen MR) is 541 cm³/mol. The van der Waals surface area contributed by atoms with E-state index in [-0.39, 0.29) is 118 Å². The third-order valence-electron chi connectivity index (χ3n) is 34.4. The number of ether oxygens (including phenoxy) is 7. The van der Waals surface area contributed by atoms with Crippen molar-refractivity contribution in [3.8, 4) is 73.6 Å². The Morgan fingerprint density at radius 3 is 1.15 bits per heavy atom. The molecule has 30 nitrogen and oxygen atoms in total. The molecule has 23 atom stereocenters. The molecule has 9 aliphatic carbocycles. The largest absolute Gasteiger partial charge is 0.496 e. The number of fused-ring (bicyclic) bond motifs is 8. The Morgan fingerprint density at radius 1 is 0.444 bits per heavy atom. The van der Waals surface area contributed by atoms with Crippen LogP contribution in [-0.2, 0) is 55.0 Å². The maximum atomic E-state index is 14.3. The number of hydroxylamine groups is 6. The van der Waals surface area contributed by atoms with Gasteiger partial charge in [0.25, 0.3) is 11.8 Å². The molecule has 770 valence electrons. The predicted octanol–water partition coefficient (Wildman–Crippen LogP) is 13.1. The van der Waals surface area contributed by atoms with Crippen molar-refractivity contribution in [2.45, 2.75) is 221 Å². The van der Waals surface area contributed by atoms with Gasteiger partial charge >= 0.3 is 0 Å². The summed E-state index contributed by atoms with van der Waals surface area (Å²) < 4.78 is 40.9. The molecule has 21 rings (SSSR count). The lowest BCUT2D eigenvalue weighted by Crippen LogP contribution is -2.62. The van der Waals surface area contributed by atoms with E-state index in [1.165, 1.54) is 19.3 Å². The number of rotatable bonds is 33. The van der Waals surface area contributed by atoms with Gasteiger partial charge in [-0.1, -0.05) is 173 Å². The first-order valence-electron chi connectivity index (χ1n) is 51.1. The Morgan fingerprint density at radius 2 is 0.810 bits per heavy atom. The molecule has 14 aliphatic rings. The minimum atomic E-state index is -0.904. The van der Waals surface area contributed by atoms with Crippen molar-refractivity contribution in [3.63, 3.8) is 0 Å². The first-order valence-corrected chi connectivity index (χ1v) is 51.1. The Kier molecular flexibility index (Phi) is 32.1. The van der Waals surface area contributed by atoms with Crippen LogP contribution < -0.4 is 64.6 Å². The summed E-state index contributed by atoms with van der Waals surface area (Å²) in [6, 6.07) is 41.1. The van der Waals surface area contributed by atoms with Crippen LogP contribution >= 0.6 is 0 Å². The molecule has 7 aromatic rings. The van der Waals surface area contributed by atoms with Crippen molar-refractivity contribution < 1.29 is 97.2 Å². The Hall–Kier alpha value is -10.2. The minimum Gasteiger partial charge on any atom is -0.496 e. The number of carbonyl (C=O) groups excluding carboxylic acids is 5. The molecule has 0 spiro atoms. The Labute approximate surface area is 837 Å². The molecule has 5 amide bonds. The van der Waals surface area contributed by atoms with E-state index >= 15 is 0 Å².